The van der Waals surface area contributed by atoms with E-state index in [9.17, 15) is 8.42 Å². The Balaban J connectivity index is 3.21. The highest BCUT2D eigenvalue weighted by Crippen LogP contribution is 2.23. The van der Waals surface area contributed by atoms with Crippen LogP contribution in [0.25, 0.3) is 0 Å². The molecule has 1 aromatic carbocycles. The molecule has 4 heteroatoms. The molecule has 0 radical (unpaired) electrons. The minimum absolute atomic E-state index is 0.0354. The highest BCUT2D eigenvalue weighted by Gasteiger charge is 2.17. The molecule has 92 valence electrons. The molecule has 0 aliphatic rings. The van der Waals surface area contributed by atoms with E-state index < -0.39 is 9.84 Å². The van der Waals surface area contributed by atoms with Gasteiger partial charge >= 0.3 is 0 Å². The molecule has 0 saturated heterocycles. The molecule has 0 bridgehead atoms. The van der Waals surface area contributed by atoms with E-state index in [2.05, 4.69) is 0 Å². The van der Waals surface area contributed by atoms with Gasteiger partial charge in [-0.05, 0) is 30.0 Å². The number of hydrogen-bond donors (Lipinski definition) is 0. The van der Waals surface area contributed by atoms with Crippen molar-refractivity contribution >= 4 is 9.84 Å². The van der Waals surface area contributed by atoms with E-state index in [4.69, 9.17) is 5.26 Å². The Bertz CT molecular complexity index is 539. The lowest BCUT2D eigenvalue weighted by molar-refractivity contribution is 0.595. The second-order valence-electron chi connectivity index (χ2n) is 4.41. The number of rotatable bonds is 4. The Morgan fingerprint density at radius 1 is 1.35 bits per heavy atom. The van der Waals surface area contributed by atoms with Crippen LogP contribution in [-0.2, 0) is 9.84 Å². The summed E-state index contributed by atoms with van der Waals surface area (Å²) in [5, 5.41) is 8.47. The van der Waals surface area contributed by atoms with Crippen LogP contribution in [0.15, 0.2) is 23.1 Å². The SMILES string of the molecule is Cc1ccc(C(C)C)cc1S(=O)(=O)CCC#N. The molecular weight excluding hydrogens is 234 g/mol. The predicted molar refractivity (Wildman–Crippen MR) is 67.6 cm³/mol. The summed E-state index contributed by atoms with van der Waals surface area (Å²) < 4.78 is 24.1. The van der Waals surface area contributed by atoms with Gasteiger partial charge in [-0.15, -0.1) is 0 Å². The van der Waals surface area contributed by atoms with Crippen LogP contribution in [0.1, 0.15) is 37.3 Å². The second kappa shape index (κ2) is 5.33. The van der Waals surface area contributed by atoms with Crippen molar-refractivity contribution in [1.82, 2.24) is 0 Å². The van der Waals surface area contributed by atoms with Crippen LogP contribution in [0.3, 0.4) is 0 Å². The number of nitrogens with zero attached hydrogens (tertiary/aromatic N) is 1. The lowest BCUT2D eigenvalue weighted by Crippen LogP contribution is -2.09. The van der Waals surface area contributed by atoms with Gasteiger partial charge in [0.2, 0.25) is 0 Å². The molecule has 0 unspecified atom stereocenters. The summed E-state index contributed by atoms with van der Waals surface area (Å²) >= 11 is 0. The van der Waals surface area contributed by atoms with Crippen molar-refractivity contribution in [1.29, 1.82) is 5.26 Å². The van der Waals surface area contributed by atoms with Crippen molar-refractivity contribution in [3.63, 3.8) is 0 Å². The Kier molecular flexibility index (Phi) is 4.30. The highest BCUT2D eigenvalue weighted by molar-refractivity contribution is 7.91. The van der Waals surface area contributed by atoms with E-state index >= 15 is 0 Å². The van der Waals surface area contributed by atoms with Crippen LogP contribution in [0.2, 0.25) is 0 Å². The normalized spacial score (nSPS) is 11.5. The lowest BCUT2D eigenvalue weighted by atomic mass is 10.0. The third-order valence-corrected chi connectivity index (χ3v) is 4.55. The van der Waals surface area contributed by atoms with Gasteiger partial charge in [0.25, 0.3) is 0 Å². The van der Waals surface area contributed by atoms with Gasteiger partial charge in [-0.25, -0.2) is 8.42 Å². The zero-order valence-electron chi connectivity index (χ0n) is 10.4. The van der Waals surface area contributed by atoms with Gasteiger partial charge in [-0.3, -0.25) is 0 Å². The molecular formula is C13H17NO2S. The van der Waals surface area contributed by atoms with Gasteiger partial charge < -0.3 is 0 Å². The topological polar surface area (TPSA) is 57.9 Å². The van der Waals surface area contributed by atoms with Gasteiger partial charge in [0.15, 0.2) is 9.84 Å². The van der Waals surface area contributed by atoms with E-state index in [1.54, 1.807) is 13.0 Å². The Hall–Kier alpha value is -1.34. The number of sulfone groups is 1. The molecule has 0 aliphatic heterocycles. The number of hydrogen-bond acceptors (Lipinski definition) is 3. The summed E-state index contributed by atoms with van der Waals surface area (Å²) in [5.41, 5.74) is 1.75. The van der Waals surface area contributed by atoms with E-state index in [0.717, 1.165) is 11.1 Å². The molecule has 3 nitrogen and oxygen atoms in total. The molecule has 0 atom stereocenters. The van der Waals surface area contributed by atoms with Gasteiger partial charge in [0.1, 0.15) is 0 Å². The largest absolute Gasteiger partial charge is 0.224 e. The van der Waals surface area contributed by atoms with Crippen LogP contribution in [-0.4, -0.2) is 14.2 Å². The van der Waals surface area contributed by atoms with E-state index in [1.807, 2.05) is 32.0 Å². The number of aryl methyl sites for hydroxylation is 1. The van der Waals surface area contributed by atoms with Crippen LogP contribution < -0.4 is 0 Å². The molecule has 0 N–H and O–H groups in total. The van der Waals surface area contributed by atoms with E-state index in [0.29, 0.717) is 10.8 Å². The first-order chi connectivity index (χ1) is 7.88. The summed E-state index contributed by atoms with van der Waals surface area (Å²) in [6, 6.07) is 7.38. The third kappa shape index (κ3) is 3.31. The first-order valence-corrected chi connectivity index (χ1v) is 7.24. The molecule has 0 saturated carbocycles. The minimum Gasteiger partial charge on any atom is -0.224 e. The lowest BCUT2D eigenvalue weighted by Gasteiger charge is -2.11. The van der Waals surface area contributed by atoms with Crippen molar-refractivity contribution in [3.05, 3.63) is 29.3 Å². The number of nitriles is 1. The third-order valence-electron chi connectivity index (χ3n) is 2.70. The molecule has 17 heavy (non-hydrogen) atoms. The van der Waals surface area contributed by atoms with E-state index in [-0.39, 0.29) is 12.2 Å². The molecule has 1 aromatic rings. The summed E-state index contributed by atoms with van der Waals surface area (Å²) in [5.74, 6) is 0.187. The Morgan fingerprint density at radius 3 is 2.53 bits per heavy atom. The van der Waals surface area contributed by atoms with Gasteiger partial charge in [-0.1, -0.05) is 26.0 Å². The molecule has 0 amide bonds. The average Bonchev–Trinajstić information content (AvgIpc) is 2.26. The molecule has 0 aliphatic carbocycles. The van der Waals surface area contributed by atoms with E-state index in [1.165, 1.54) is 0 Å². The first-order valence-electron chi connectivity index (χ1n) is 5.58. The van der Waals surface area contributed by atoms with Crippen molar-refractivity contribution < 1.29 is 8.42 Å². The standard InChI is InChI=1S/C13H17NO2S/c1-10(2)12-6-5-11(3)13(9-12)17(15,16)8-4-7-14/h5-6,9-10H,4,8H2,1-3H3. The van der Waals surface area contributed by atoms with Crippen LogP contribution in [0.4, 0.5) is 0 Å². The smallest absolute Gasteiger partial charge is 0.179 e. The zero-order chi connectivity index (χ0) is 13.1. The quantitative estimate of drug-likeness (QED) is 0.826. The minimum atomic E-state index is -3.33. The zero-order valence-corrected chi connectivity index (χ0v) is 11.2. The maximum absolute atomic E-state index is 12.0. The van der Waals surface area contributed by atoms with Crippen LogP contribution >= 0.6 is 0 Å². The summed E-state index contributed by atoms with van der Waals surface area (Å²) in [6.07, 6.45) is 0.0354. The fraction of sp³-hybridized carbons (Fsp3) is 0.462. The van der Waals surface area contributed by atoms with Gasteiger partial charge in [0, 0.05) is 6.42 Å². The fourth-order valence-corrected chi connectivity index (χ4v) is 3.05. The second-order valence-corrected chi connectivity index (χ2v) is 6.48. The highest BCUT2D eigenvalue weighted by atomic mass is 32.2. The van der Waals surface area contributed by atoms with Crippen molar-refractivity contribution in [3.8, 4) is 6.07 Å². The monoisotopic (exact) mass is 251 g/mol. The van der Waals surface area contributed by atoms with Crippen LogP contribution in [0.5, 0.6) is 0 Å². The predicted octanol–water partition coefficient (Wildman–Crippen LogP) is 2.81. The Morgan fingerprint density at radius 2 is 2.00 bits per heavy atom. The van der Waals surface area contributed by atoms with Gasteiger partial charge in [-0.2, -0.15) is 5.26 Å². The van der Waals surface area contributed by atoms with Crippen molar-refractivity contribution in [2.24, 2.45) is 0 Å². The summed E-state index contributed by atoms with van der Waals surface area (Å²) in [4.78, 5) is 0.360. The van der Waals surface area contributed by atoms with Crippen molar-refractivity contribution in [2.45, 2.75) is 38.0 Å². The summed E-state index contributed by atoms with van der Waals surface area (Å²) in [6.45, 7) is 5.83. The van der Waals surface area contributed by atoms with Crippen molar-refractivity contribution in [2.75, 3.05) is 5.75 Å². The molecule has 1 rings (SSSR count). The summed E-state index contributed by atoms with van der Waals surface area (Å²) in [7, 11) is -3.33. The fourth-order valence-electron chi connectivity index (χ4n) is 1.60. The maximum atomic E-state index is 12.0. The Labute approximate surface area is 103 Å². The first kappa shape index (κ1) is 13.7. The van der Waals surface area contributed by atoms with Crippen LogP contribution in [0, 0.1) is 18.3 Å². The molecule has 0 spiro atoms. The average molecular weight is 251 g/mol. The molecule has 0 fully saturated rings. The molecule has 0 aromatic heterocycles. The van der Waals surface area contributed by atoms with Gasteiger partial charge in [0.05, 0.1) is 16.7 Å². The molecule has 0 heterocycles. The maximum Gasteiger partial charge on any atom is 0.179 e. The number of benzene rings is 1.